The molecule has 0 unspecified atom stereocenters. The van der Waals surface area contributed by atoms with Gasteiger partial charge in [0.25, 0.3) is 5.91 Å². The molecule has 3 heterocycles. The van der Waals surface area contributed by atoms with Gasteiger partial charge in [-0.1, -0.05) is 23.5 Å². The molecule has 0 radical (unpaired) electrons. The van der Waals surface area contributed by atoms with Crippen LogP contribution in [0.25, 0.3) is 0 Å². The smallest absolute Gasteiger partial charge is 0.296 e. The van der Waals surface area contributed by atoms with Gasteiger partial charge in [0.15, 0.2) is 11.5 Å². The van der Waals surface area contributed by atoms with Crippen molar-refractivity contribution in [3.8, 4) is 0 Å². The monoisotopic (exact) mass is 385 g/mol. The maximum absolute atomic E-state index is 13.4. The molecule has 1 aliphatic heterocycles. The van der Waals surface area contributed by atoms with E-state index in [1.165, 1.54) is 47.6 Å². The second-order valence-electron chi connectivity index (χ2n) is 5.80. The molecule has 7 nitrogen and oxygen atoms in total. The third-order valence-corrected chi connectivity index (χ3v) is 4.94. The first-order chi connectivity index (χ1) is 13.0. The number of aliphatic hydroxyl groups is 1. The molecule has 1 atom stereocenters. The second kappa shape index (κ2) is 6.44. The number of hydrogen-bond donors (Lipinski definition) is 1. The molecule has 2 aromatic heterocycles. The van der Waals surface area contributed by atoms with E-state index in [0.717, 1.165) is 11.3 Å². The average Bonchev–Trinajstić information content (AvgIpc) is 3.37. The van der Waals surface area contributed by atoms with E-state index in [2.05, 4.69) is 10.2 Å². The number of Topliss-reactive ketones (excluding diaryl/α,β-unsaturated/α-hetero) is 1. The van der Waals surface area contributed by atoms with Gasteiger partial charge in [-0.2, -0.15) is 0 Å². The molecule has 1 aromatic carbocycles. The minimum absolute atomic E-state index is 0.0215. The number of furan rings is 1. The first-order valence-corrected chi connectivity index (χ1v) is 8.69. The van der Waals surface area contributed by atoms with Crippen LogP contribution < -0.4 is 4.90 Å². The van der Waals surface area contributed by atoms with Crippen molar-refractivity contribution in [2.24, 2.45) is 0 Å². The maximum Gasteiger partial charge on any atom is 0.296 e. The Morgan fingerprint density at radius 2 is 2.00 bits per heavy atom. The molecule has 1 amide bonds. The van der Waals surface area contributed by atoms with Crippen molar-refractivity contribution in [1.29, 1.82) is 0 Å². The molecule has 0 bridgehead atoms. The van der Waals surface area contributed by atoms with Crippen LogP contribution in [0.4, 0.5) is 9.52 Å². The second-order valence-corrected chi connectivity index (χ2v) is 6.96. The largest absolute Gasteiger partial charge is 0.503 e. The molecule has 3 aromatic rings. The van der Waals surface area contributed by atoms with E-state index in [1.807, 2.05) is 0 Å². The number of aliphatic hydroxyl groups excluding tert-OH is 1. The zero-order chi connectivity index (χ0) is 19.1. The van der Waals surface area contributed by atoms with E-state index in [-0.39, 0.29) is 16.5 Å². The standard InChI is InChI=1S/C18H12FN3O4S/c1-9-20-21-18(27-9)22-14(10-4-6-11(19)7-5-10)13(16(24)17(22)25)15(23)12-3-2-8-26-12/h2-8,14,24H,1H3/t14-/m1/s1. The van der Waals surface area contributed by atoms with E-state index in [1.54, 1.807) is 6.92 Å². The summed E-state index contributed by atoms with van der Waals surface area (Å²) >= 11 is 1.14. The molecular weight excluding hydrogens is 373 g/mol. The zero-order valence-electron chi connectivity index (χ0n) is 13.9. The molecule has 0 aliphatic carbocycles. The van der Waals surface area contributed by atoms with Crippen molar-refractivity contribution < 1.29 is 23.5 Å². The normalized spacial score (nSPS) is 17.0. The van der Waals surface area contributed by atoms with Gasteiger partial charge in [0, 0.05) is 0 Å². The summed E-state index contributed by atoms with van der Waals surface area (Å²) in [5.74, 6) is -2.60. The average molecular weight is 385 g/mol. The summed E-state index contributed by atoms with van der Waals surface area (Å²) in [4.78, 5) is 26.8. The Kier molecular flexibility index (Phi) is 4.08. The van der Waals surface area contributed by atoms with Gasteiger partial charge in [-0.25, -0.2) is 4.39 Å². The van der Waals surface area contributed by atoms with Crippen LogP contribution in [0.2, 0.25) is 0 Å². The topological polar surface area (TPSA) is 96.5 Å². The van der Waals surface area contributed by atoms with E-state index in [0.29, 0.717) is 10.6 Å². The Hall–Kier alpha value is -3.33. The molecule has 0 saturated carbocycles. The number of halogens is 1. The lowest BCUT2D eigenvalue weighted by Gasteiger charge is -2.23. The van der Waals surface area contributed by atoms with Gasteiger partial charge >= 0.3 is 0 Å². The number of rotatable bonds is 4. The molecule has 27 heavy (non-hydrogen) atoms. The summed E-state index contributed by atoms with van der Waals surface area (Å²) in [6.07, 6.45) is 1.32. The Bertz CT molecular complexity index is 1060. The van der Waals surface area contributed by atoms with E-state index in [9.17, 15) is 19.1 Å². The van der Waals surface area contributed by atoms with Crippen molar-refractivity contribution in [2.45, 2.75) is 13.0 Å². The quantitative estimate of drug-likeness (QED) is 0.692. The summed E-state index contributed by atoms with van der Waals surface area (Å²) in [5.41, 5.74) is 0.283. The van der Waals surface area contributed by atoms with Crippen LogP contribution in [0.3, 0.4) is 0 Å². The van der Waals surface area contributed by atoms with E-state index in [4.69, 9.17) is 4.42 Å². The maximum atomic E-state index is 13.4. The van der Waals surface area contributed by atoms with Gasteiger partial charge in [0.05, 0.1) is 17.9 Å². The van der Waals surface area contributed by atoms with Crippen molar-refractivity contribution in [3.05, 3.63) is 76.1 Å². The third kappa shape index (κ3) is 2.81. The number of carbonyl (C=O) groups is 2. The van der Waals surface area contributed by atoms with E-state index >= 15 is 0 Å². The molecule has 1 N–H and O–H groups in total. The SMILES string of the molecule is Cc1nnc(N2C(=O)C(O)=C(C(=O)c3ccco3)[C@H]2c2ccc(F)cc2)s1. The molecule has 4 rings (SSSR count). The number of aryl methyl sites for hydroxylation is 1. The molecule has 9 heteroatoms. The first-order valence-electron chi connectivity index (χ1n) is 7.88. The number of carbonyl (C=O) groups excluding carboxylic acids is 2. The fraction of sp³-hybridized carbons (Fsp3) is 0.111. The lowest BCUT2D eigenvalue weighted by atomic mass is 9.95. The molecule has 0 saturated heterocycles. The molecule has 0 spiro atoms. The number of hydrogen-bond acceptors (Lipinski definition) is 7. The van der Waals surface area contributed by atoms with E-state index < -0.39 is 29.3 Å². The Morgan fingerprint density at radius 1 is 1.26 bits per heavy atom. The highest BCUT2D eigenvalue weighted by Crippen LogP contribution is 2.42. The number of amides is 1. The molecule has 136 valence electrons. The zero-order valence-corrected chi connectivity index (χ0v) is 14.7. The number of nitrogens with zero attached hydrogens (tertiary/aromatic N) is 3. The summed E-state index contributed by atoms with van der Waals surface area (Å²) in [6, 6.07) is 7.31. The van der Waals surface area contributed by atoms with Gasteiger partial charge in [-0.05, 0) is 36.8 Å². The summed E-state index contributed by atoms with van der Waals surface area (Å²) in [5, 5.41) is 19.1. The predicted octanol–water partition coefficient (Wildman–Crippen LogP) is 3.36. The Labute approximate surface area is 156 Å². The minimum atomic E-state index is -0.983. The number of aromatic nitrogens is 2. The van der Waals surface area contributed by atoms with Crippen LogP contribution in [0.5, 0.6) is 0 Å². The summed E-state index contributed by atoms with van der Waals surface area (Å²) < 4.78 is 18.5. The van der Waals surface area contributed by atoms with Gasteiger partial charge in [-0.3, -0.25) is 14.5 Å². The van der Waals surface area contributed by atoms with Crippen LogP contribution >= 0.6 is 11.3 Å². The fourth-order valence-electron chi connectivity index (χ4n) is 2.92. The Balaban J connectivity index is 1.88. The van der Waals surface area contributed by atoms with Gasteiger partial charge in [0.1, 0.15) is 10.8 Å². The van der Waals surface area contributed by atoms with Crippen molar-refractivity contribution in [2.75, 3.05) is 4.90 Å². The highest BCUT2D eigenvalue weighted by atomic mass is 32.1. The van der Waals surface area contributed by atoms with Crippen LogP contribution in [-0.4, -0.2) is 27.0 Å². The van der Waals surface area contributed by atoms with Gasteiger partial charge in [0.2, 0.25) is 10.9 Å². The highest BCUT2D eigenvalue weighted by molar-refractivity contribution is 7.15. The number of ketones is 1. The molecular formula is C18H12FN3O4S. The first kappa shape index (κ1) is 17.1. The third-order valence-electron chi connectivity index (χ3n) is 4.10. The van der Waals surface area contributed by atoms with Crippen LogP contribution in [0.1, 0.15) is 27.2 Å². The summed E-state index contributed by atoms with van der Waals surface area (Å²) in [7, 11) is 0. The number of anilines is 1. The highest BCUT2D eigenvalue weighted by Gasteiger charge is 2.46. The molecule has 1 aliphatic rings. The van der Waals surface area contributed by atoms with Crippen molar-refractivity contribution in [3.63, 3.8) is 0 Å². The Morgan fingerprint density at radius 3 is 2.59 bits per heavy atom. The van der Waals surface area contributed by atoms with Crippen LogP contribution in [0.15, 0.2) is 58.4 Å². The lowest BCUT2D eigenvalue weighted by molar-refractivity contribution is -0.117. The number of benzene rings is 1. The van der Waals surface area contributed by atoms with Crippen molar-refractivity contribution in [1.82, 2.24) is 10.2 Å². The predicted molar refractivity (Wildman–Crippen MR) is 94.0 cm³/mol. The lowest BCUT2D eigenvalue weighted by Crippen LogP contribution is -2.31. The minimum Gasteiger partial charge on any atom is -0.503 e. The van der Waals surface area contributed by atoms with Crippen LogP contribution in [-0.2, 0) is 4.79 Å². The fourth-order valence-corrected chi connectivity index (χ4v) is 3.63. The van der Waals surface area contributed by atoms with Crippen LogP contribution in [0, 0.1) is 12.7 Å². The van der Waals surface area contributed by atoms with Gasteiger partial charge < -0.3 is 9.52 Å². The van der Waals surface area contributed by atoms with Crippen molar-refractivity contribution >= 4 is 28.2 Å². The van der Waals surface area contributed by atoms with Gasteiger partial charge in [-0.15, -0.1) is 10.2 Å². The molecule has 0 fully saturated rings. The summed E-state index contributed by atoms with van der Waals surface area (Å²) in [6.45, 7) is 1.72.